The largest absolute Gasteiger partial charge is 0.481 e. The van der Waals surface area contributed by atoms with Crippen LogP contribution in [0.5, 0.6) is 0 Å². The van der Waals surface area contributed by atoms with Crippen molar-refractivity contribution in [3.05, 3.63) is 0 Å². The third-order valence-corrected chi connectivity index (χ3v) is 4.06. The third kappa shape index (κ3) is 12.6. The number of aliphatic carboxylic acids is 1. The summed E-state index contributed by atoms with van der Waals surface area (Å²) in [5, 5.41) is 11.6. The zero-order valence-electron chi connectivity index (χ0n) is 16.7. The van der Waals surface area contributed by atoms with Crippen LogP contribution in [-0.4, -0.2) is 36.0 Å². The summed E-state index contributed by atoms with van der Waals surface area (Å²) >= 11 is 0. The van der Waals surface area contributed by atoms with Crippen LogP contribution in [-0.2, 0) is 19.1 Å². The third-order valence-electron chi connectivity index (χ3n) is 4.06. The van der Waals surface area contributed by atoms with Crippen molar-refractivity contribution >= 4 is 18.0 Å². The fraction of sp³-hybridized carbons (Fsp3) is 0.842. The van der Waals surface area contributed by atoms with E-state index in [2.05, 4.69) is 19.2 Å². The molecule has 1 amide bonds. The predicted octanol–water partition coefficient (Wildman–Crippen LogP) is 3.96. The van der Waals surface area contributed by atoms with Crippen molar-refractivity contribution in [3.8, 4) is 0 Å². The Balaban J connectivity index is 4.34. The van der Waals surface area contributed by atoms with E-state index >= 15 is 0 Å². The zero-order valence-corrected chi connectivity index (χ0v) is 16.7. The van der Waals surface area contributed by atoms with Gasteiger partial charge >= 0.3 is 18.0 Å². The van der Waals surface area contributed by atoms with Gasteiger partial charge < -0.3 is 19.9 Å². The molecule has 0 aliphatic carbocycles. The summed E-state index contributed by atoms with van der Waals surface area (Å²) in [6.07, 6.45) is 3.52. The lowest BCUT2D eigenvalue weighted by Gasteiger charge is -2.21. The molecule has 7 nitrogen and oxygen atoms in total. The molecule has 26 heavy (non-hydrogen) atoms. The summed E-state index contributed by atoms with van der Waals surface area (Å²) in [6, 6.07) is 0. The molecule has 0 aromatic carbocycles. The summed E-state index contributed by atoms with van der Waals surface area (Å²) in [6.45, 7) is 9.31. The van der Waals surface area contributed by atoms with Gasteiger partial charge in [0.05, 0.1) is 5.92 Å². The van der Waals surface area contributed by atoms with Crippen molar-refractivity contribution < 1.29 is 29.0 Å². The van der Waals surface area contributed by atoms with Crippen LogP contribution in [0.1, 0.15) is 73.1 Å². The van der Waals surface area contributed by atoms with Crippen LogP contribution in [0.4, 0.5) is 4.79 Å². The highest BCUT2D eigenvalue weighted by Crippen LogP contribution is 2.20. The number of nitrogens with one attached hydrogen (secondary N) is 1. The summed E-state index contributed by atoms with van der Waals surface area (Å²) in [5.74, 6) is -1.40. The molecule has 3 atom stereocenters. The molecular weight excluding hydrogens is 338 g/mol. The number of esters is 1. The maximum atomic E-state index is 11.8. The lowest BCUT2D eigenvalue weighted by molar-refractivity contribution is -0.168. The van der Waals surface area contributed by atoms with Gasteiger partial charge in [0.2, 0.25) is 6.29 Å². The number of carboxylic acid groups (broad SMARTS) is 1. The number of hydrogen-bond donors (Lipinski definition) is 2. The molecule has 0 spiro atoms. The van der Waals surface area contributed by atoms with E-state index < -0.39 is 24.3 Å². The first-order chi connectivity index (χ1) is 12.1. The van der Waals surface area contributed by atoms with Gasteiger partial charge in [0.1, 0.15) is 0 Å². The Labute approximate surface area is 156 Å². The second-order valence-corrected chi connectivity index (χ2v) is 7.25. The van der Waals surface area contributed by atoms with E-state index in [0.29, 0.717) is 5.92 Å². The van der Waals surface area contributed by atoms with Crippen molar-refractivity contribution in [2.75, 3.05) is 6.54 Å². The summed E-state index contributed by atoms with van der Waals surface area (Å²) in [5.41, 5.74) is 0. The highest BCUT2D eigenvalue weighted by molar-refractivity contribution is 5.72. The average molecular weight is 373 g/mol. The summed E-state index contributed by atoms with van der Waals surface area (Å²) in [4.78, 5) is 34.3. The Morgan fingerprint density at radius 2 is 1.69 bits per heavy atom. The van der Waals surface area contributed by atoms with Gasteiger partial charge in [-0.2, -0.15) is 0 Å². The molecular formula is C19H35NO6. The Morgan fingerprint density at radius 3 is 2.23 bits per heavy atom. The lowest BCUT2D eigenvalue weighted by atomic mass is 9.89. The number of carbonyl (C=O) groups excluding carboxylic acids is 2. The molecule has 0 unspecified atom stereocenters. The molecule has 0 aliphatic heterocycles. The van der Waals surface area contributed by atoms with Crippen LogP contribution in [0.2, 0.25) is 0 Å². The topological polar surface area (TPSA) is 102 Å². The highest BCUT2D eigenvalue weighted by Gasteiger charge is 2.20. The van der Waals surface area contributed by atoms with Gasteiger partial charge in [-0.25, -0.2) is 4.79 Å². The minimum absolute atomic E-state index is 0.00368. The predicted molar refractivity (Wildman–Crippen MR) is 98.5 cm³/mol. The van der Waals surface area contributed by atoms with E-state index in [9.17, 15) is 14.4 Å². The molecule has 7 heteroatoms. The first-order valence-electron chi connectivity index (χ1n) is 9.52. The number of ether oxygens (including phenoxy) is 2. The van der Waals surface area contributed by atoms with Crippen LogP contribution in [0.15, 0.2) is 0 Å². The molecule has 0 radical (unpaired) electrons. The second kappa shape index (κ2) is 13.4. The second-order valence-electron chi connectivity index (χ2n) is 7.25. The molecule has 0 heterocycles. The van der Waals surface area contributed by atoms with Crippen molar-refractivity contribution in [3.63, 3.8) is 0 Å². The maximum absolute atomic E-state index is 11.8. The van der Waals surface area contributed by atoms with Crippen LogP contribution < -0.4 is 5.32 Å². The highest BCUT2D eigenvalue weighted by atomic mass is 16.7. The van der Waals surface area contributed by atoms with E-state index in [-0.39, 0.29) is 24.8 Å². The average Bonchev–Trinajstić information content (AvgIpc) is 2.52. The van der Waals surface area contributed by atoms with E-state index in [1.165, 1.54) is 13.3 Å². The molecule has 2 N–H and O–H groups in total. The molecule has 0 rings (SSSR count). The number of alkyl carbamates (subject to hydrolysis) is 1. The SMILES string of the molecule is CCCCC[C@@H](C)C[C@H](CNC(=O)O[C@H](C)OC(=O)C(C)C)CC(=O)O. The molecule has 0 saturated carbocycles. The van der Waals surface area contributed by atoms with Gasteiger partial charge in [0.25, 0.3) is 0 Å². The van der Waals surface area contributed by atoms with Gasteiger partial charge in [-0.3, -0.25) is 9.59 Å². The van der Waals surface area contributed by atoms with Crippen LogP contribution in [0.3, 0.4) is 0 Å². The Hall–Kier alpha value is -1.79. The number of rotatable bonds is 13. The van der Waals surface area contributed by atoms with E-state index in [1.807, 2.05) is 0 Å². The number of carbonyl (C=O) groups is 3. The summed E-state index contributed by atoms with van der Waals surface area (Å²) < 4.78 is 9.93. The van der Waals surface area contributed by atoms with E-state index in [0.717, 1.165) is 25.7 Å². The minimum atomic E-state index is -0.990. The number of carboxylic acids is 1. The zero-order chi connectivity index (χ0) is 20.1. The van der Waals surface area contributed by atoms with E-state index in [4.69, 9.17) is 14.6 Å². The number of amides is 1. The van der Waals surface area contributed by atoms with E-state index in [1.54, 1.807) is 13.8 Å². The van der Waals surface area contributed by atoms with Gasteiger partial charge in [-0.1, -0.05) is 53.4 Å². The van der Waals surface area contributed by atoms with Gasteiger partial charge in [0, 0.05) is 19.9 Å². The molecule has 0 aliphatic rings. The van der Waals surface area contributed by atoms with Crippen LogP contribution in [0.25, 0.3) is 0 Å². The van der Waals surface area contributed by atoms with Gasteiger partial charge in [-0.05, 0) is 18.3 Å². The van der Waals surface area contributed by atoms with Crippen LogP contribution in [0, 0.1) is 17.8 Å². The van der Waals surface area contributed by atoms with Crippen molar-refractivity contribution in [1.82, 2.24) is 5.32 Å². The molecule has 0 bridgehead atoms. The molecule has 0 aromatic rings. The molecule has 0 saturated heterocycles. The number of hydrogen-bond acceptors (Lipinski definition) is 5. The molecule has 152 valence electrons. The standard InChI is InChI=1S/C19H35NO6/c1-6-7-8-9-14(4)10-16(11-17(21)22)12-20-19(24)26-15(5)25-18(23)13(2)3/h13-16H,6-12H2,1-5H3,(H,20,24)(H,21,22)/t14-,15-,16+/m1/s1. The quantitative estimate of drug-likeness (QED) is 0.288. The number of unbranched alkanes of at least 4 members (excludes halogenated alkanes) is 2. The Morgan fingerprint density at radius 1 is 1.04 bits per heavy atom. The van der Waals surface area contributed by atoms with Crippen LogP contribution >= 0.6 is 0 Å². The molecule has 0 aromatic heterocycles. The van der Waals surface area contributed by atoms with Gasteiger partial charge in [0.15, 0.2) is 0 Å². The van der Waals surface area contributed by atoms with Crippen molar-refractivity contribution in [2.45, 2.75) is 79.4 Å². The van der Waals surface area contributed by atoms with Gasteiger partial charge in [-0.15, -0.1) is 0 Å². The Kier molecular flexibility index (Phi) is 12.5. The first kappa shape index (κ1) is 24.2. The summed E-state index contributed by atoms with van der Waals surface area (Å²) in [7, 11) is 0. The van der Waals surface area contributed by atoms with Crippen molar-refractivity contribution in [1.29, 1.82) is 0 Å². The Bertz CT molecular complexity index is 438. The monoisotopic (exact) mass is 373 g/mol. The first-order valence-corrected chi connectivity index (χ1v) is 9.52. The van der Waals surface area contributed by atoms with Crippen molar-refractivity contribution in [2.24, 2.45) is 17.8 Å². The fourth-order valence-electron chi connectivity index (χ4n) is 2.66. The smallest absolute Gasteiger partial charge is 0.410 e. The maximum Gasteiger partial charge on any atom is 0.410 e. The minimum Gasteiger partial charge on any atom is -0.481 e. The lowest BCUT2D eigenvalue weighted by Crippen LogP contribution is -2.35. The molecule has 0 fully saturated rings. The normalized spacial score (nSPS) is 14.4. The fourth-order valence-corrected chi connectivity index (χ4v) is 2.66.